The van der Waals surface area contributed by atoms with Crippen molar-refractivity contribution in [3.05, 3.63) is 40.7 Å². The molecule has 0 radical (unpaired) electrons. The lowest BCUT2D eigenvalue weighted by atomic mass is 10.1. The summed E-state index contributed by atoms with van der Waals surface area (Å²) in [6.45, 7) is 7.37. The Morgan fingerprint density at radius 1 is 1.22 bits per heavy atom. The summed E-state index contributed by atoms with van der Waals surface area (Å²) in [4.78, 5) is 36.8. The molecular formula is C24H34N6O6S. The number of imidazole rings is 1. The average Bonchev–Trinajstić information content (AvgIpc) is 3.41. The van der Waals surface area contributed by atoms with Crippen LogP contribution in [0.25, 0.3) is 0 Å². The molecule has 0 fully saturated rings. The van der Waals surface area contributed by atoms with Gasteiger partial charge in [0.1, 0.15) is 12.1 Å². The van der Waals surface area contributed by atoms with Crippen LogP contribution >= 0.6 is 0 Å². The third-order valence-corrected chi connectivity index (χ3v) is 7.59. The molecule has 1 amide bonds. The molecule has 13 heteroatoms. The van der Waals surface area contributed by atoms with Crippen LogP contribution in [-0.2, 0) is 24.4 Å². The fourth-order valence-electron chi connectivity index (χ4n) is 4.26. The standard InChI is InChI=1S/C24H34N6O6S/c1-14-8-15(2)22(16(3)9-14)37(34,35)30-20(23(32)33)13-26-21(31)11-19-10-18(29-36-19)6-5-7-25-24-27-12-17(4)28-24/h8-9,12,19-20,30H,5-7,10-11,13H2,1-4H3,(H,26,31)(H,32,33)(H2,25,27,28). The van der Waals surface area contributed by atoms with E-state index in [9.17, 15) is 23.1 Å². The molecule has 1 aromatic heterocycles. The number of anilines is 1. The largest absolute Gasteiger partial charge is 0.480 e. The van der Waals surface area contributed by atoms with Crippen LogP contribution < -0.4 is 15.4 Å². The predicted molar refractivity (Wildman–Crippen MR) is 138 cm³/mol. The van der Waals surface area contributed by atoms with Crippen LogP contribution in [0.3, 0.4) is 0 Å². The van der Waals surface area contributed by atoms with E-state index in [0.29, 0.717) is 36.5 Å². The van der Waals surface area contributed by atoms with Gasteiger partial charge in [-0.25, -0.2) is 13.4 Å². The summed E-state index contributed by atoms with van der Waals surface area (Å²) in [5, 5.41) is 19.3. The molecule has 0 saturated carbocycles. The minimum absolute atomic E-state index is 0.0216. The van der Waals surface area contributed by atoms with Gasteiger partial charge in [-0.15, -0.1) is 0 Å². The fraction of sp³-hybridized carbons (Fsp3) is 0.500. The maximum Gasteiger partial charge on any atom is 0.323 e. The minimum atomic E-state index is -4.12. The van der Waals surface area contributed by atoms with Gasteiger partial charge in [0.2, 0.25) is 15.9 Å². The molecule has 0 saturated heterocycles. The van der Waals surface area contributed by atoms with Gasteiger partial charge < -0.3 is 25.6 Å². The van der Waals surface area contributed by atoms with Gasteiger partial charge in [-0.2, -0.15) is 4.72 Å². The zero-order valence-electron chi connectivity index (χ0n) is 21.4. The topological polar surface area (TPSA) is 175 Å². The smallest absolute Gasteiger partial charge is 0.323 e. The summed E-state index contributed by atoms with van der Waals surface area (Å²) >= 11 is 0. The lowest BCUT2D eigenvalue weighted by Gasteiger charge is -2.18. The Bertz CT molecular complexity index is 1250. The first-order valence-electron chi connectivity index (χ1n) is 12.0. The van der Waals surface area contributed by atoms with E-state index in [1.807, 2.05) is 13.8 Å². The molecule has 2 atom stereocenters. The maximum atomic E-state index is 12.9. The van der Waals surface area contributed by atoms with Gasteiger partial charge in [0, 0.05) is 31.4 Å². The molecule has 1 aliphatic rings. The molecule has 0 aliphatic carbocycles. The van der Waals surface area contributed by atoms with Crippen molar-refractivity contribution in [1.29, 1.82) is 0 Å². The van der Waals surface area contributed by atoms with Crippen LogP contribution in [0.5, 0.6) is 0 Å². The lowest BCUT2D eigenvalue weighted by molar-refractivity contribution is -0.138. The summed E-state index contributed by atoms with van der Waals surface area (Å²) in [7, 11) is -4.12. The van der Waals surface area contributed by atoms with E-state index >= 15 is 0 Å². The second-order valence-electron chi connectivity index (χ2n) is 9.28. The number of carbonyl (C=O) groups is 2. The van der Waals surface area contributed by atoms with Crippen LogP contribution in [-0.4, -0.2) is 66.3 Å². The minimum Gasteiger partial charge on any atom is -0.480 e. The molecule has 3 rings (SSSR count). The van der Waals surface area contributed by atoms with Gasteiger partial charge in [0.25, 0.3) is 0 Å². The number of hydrogen-bond donors (Lipinski definition) is 5. The molecule has 202 valence electrons. The number of carboxylic acids is 1. The predicted octanol–water partition coefficient (Wildman–Crippen LogP) is 1.92. The number of aliphatic carboxylic acids is 1. The van der Waals surface area contributed by atoms with Crippen molar-refractivity contribution in [1.82, 2.24) is 20.0 Å². The van der Waals surface area contributed by atoms with Crippen molar-refractivity contribution in [2.75, 3.05) is 18.4 Å². The summed E-state index contributed by atoms with van der Waals surface area (Å²) < 4.78 is 28.0. The third-order valence-electron chi connectivity index (χ3n) is 5.82. The van der Waals surface area contributed by atoms with Crippen LogP contribution in [0.15, 0.2) is 28.4 Å². The van der Waals surface area contributed by atoms with E-state index in [2.05, 4.69) is 30.5 Å². The van der Waals surface area contributed by atoms with Gasteiger partial charge in [-0.05, 0) is 51.7 Å². The number of hydrogen-bond acceptors (Lipinski definition) is 8. The van der Waals surface area contributed by atoms with Crippen LogP contribution in [0.2, 0.25) is 0 Å². The highest BCUT2D eigenvalue weighted by molar-refractivity contribution is 7.89. The molecule has 1 aromatic carbocycles. The highest BCUT2D eigenvalue weighted by Crippen LogP contribution is 2.22. The number of nitrogens with zero attached hydrogens (tertiary/aromatic N) is 2. The normalized spacial score (nSPS) is 16.1. The Kier molecular flexibility index (Phi) is 9.27. The van der Waals surface area contributed by atoms with Gasteiger partial charge in [0.15, 0.2) is 5.95 Å². The number of aromatic nitrogens is 2. The van der Waals surface area contributed by atoms with Crippen molar-refractivity contribution >= 4 is 33.6 Å². The second-order valence-corrected chi connectivity index (χ2v) is 10.9. The first-order chi connectivity index (χ1) is 17.4. The van der Waals surface area contributed by atoms with Gasteiger partial charge in [0.05, 0.1) is 17.0 Å². The number of oxime groups is 1. The van der Waals surface area contributed by atoms with Gasteiger partial charge in [-0.1, -0.05) is 22.9 Å². The summed E-state index contributed by atoms with van der Waals surface area (Å²) in [6, 6.07) is 1.90. The highest BCUT2D eigenvalue weighted by Gasteiger charge is 2.29. The number of rotatable bonds is 13. The van der Waals surface area contributed by atoms with Gasteiger partial charge in [-0.3, -0.25) is 9.59 Å². The quantitative estimate of drug-likeness (QED) is 0.242. The number of amides is 1. The third kappa shape index (κ3) is 8.02. The second kappa shape index (κ2) is 12.2. The molecular weight excluding hydrogens is 500 g/mol. The lowest BCUT2D eigenvalue weighted by Crippen LogP contribution is -2.48. The van der Waals surface area contributed by atoms with E-state index in [4.69, 9.17) is 4.84 Å². The Hall–Kier alpha value is -3.45. The maximum absolute atomic E-state index is 12.9. The zero-order valence-corrected chi connectivity index (χ0v) is 22.2. The molecule has 5 N–H and O–H groups in total. The summed E-state index contributed by atoms with van der Waals surface area (Å²) in [5.74, 6) is -1.14. The molecule has 0 spiro atoms. The number of aryl methyl sites for hydroxylation is 4. The molecule has 1 aliphatic heterocycles. The Morgan fingerprint density at radius 2 is 1.92 bits per heavy atom. The van der Waals surface area contributed by atoms with Crippen LogP contribution in [0.4, 0.5) is 5.95 Å². The Balaban J connectivity index is 1.43. The zero-order chi connectivity index (χ0) is 27.2. The van der Waals surface area contributed by atoms with E-state index in [0.717, 1.165) is 23.4 Å². The Morgan fingerprint density at radius 3 is 2.54 bits per heavy atom. The number of nitrogens with one attached hydrogen (secondary N) is 4. The van der Waals surface area contributed by atoms with E-state index in [1.165, 1.54) is 0 Å². The summed E-state index contributed by atoms with van der Waals surface area (Å²) in [5.41, 5.74) is 3.74. The fourth-order valence-corrected chi connectivity index (χ4v) is 5.90. The average molecular weight is 535 g/mol. The highest BCUT2D eigenvalue weighted by atomic mass is 32.2. The molecule has 2 aromatic rings. The monoisotopic (exact) mass is 534 g/mol. The molecule has 2 heterocycles. The molecule has 0 bridgehead atoms. The van der Waals surface area contributed by atoms with E-state index < -0.39 is 40.6 Å². The number of aromatic amines is 1. The SMILES string of the molecule is Cc1cc(C)c(S(=O)(=O)NC(CNC(=O)CC2CC(CCCNc3ncc(C)[nH]3)=NO2)C(=O)O)c(C)c1. The van der Waals surface area contributed by atoms with Crippen molar-refractivity contribution in [3.63, 3.8) is 0 Å². The van der Waals surface area contributed by atoms with Crippen LogP contribution in [0, 0.1) is 27.7 Å². The van der Waals surface area contributed by atoms with E-state index in [-0.39, 0.29) is 11.3 Å². The first kappa shape index (κ1) is 28.1. The number of carbonyl (C=O) groups excluding carboxylic acids is 1. The van der Waals surface area contributed by atoms with Crippen molar-refractivity contribution in [2.45, 2.75) is 70.4 Å². The first-order valence-corrected chi connectivity index (χ1v) is 13.5. The molecule has 2 unspecified atom stereocenters. The van der Waals surface area contributed by atoms with Crippen molar-refractivity contribution in [3.8, 4) is 0 Å². The molecule has 12 nitrogen and oxygen atoms in total. The summed E-state index contributed by atoms with van der Waals surface area (Å²) in [6.07, 6.45) is 3.27. The van der Waals surface area contributed by atoms with Crippen molar-refractivity contribution < 1.29 is 28.0 Å². The van der Waals surface area contributed by atoms with Gasteiger partial charge >= 0.3 is 5.97 Å². The number of H-pyrrole nitrogens is 1. The number of carboxylic acid groups (broad SMARTS) is 1. The van der Waals surface area contributed by atoms with E-state index in [1.54, 1.807) is 32.2 Å². The van der Waals surface area contributed by atoms with Crippen LogP contribution in [0.1, 0.15) is 48.1 Å². The number of sulfonamides is 1. The Labute approximate surface area is 216 Å². The molecule has 37 heavy (non-hydrogen) atoms. The number of benzene rings is 1. The van der Waals surface area contributed by atoms with Crippen molar-refractivity contribution in [2.24, 2.45) is 5.16 Å².